The third-order valence-electron chi connectivity index (χ3n) is 7.67. The predicted octanol–water partition coefficient (Wildman–Crippen LogP) is 7.14. The molecular formula is C28H52N2O3. The summed E-state index contributed by atoms with van der Waals surface area (Å²) in [5, 5.41) is 6.09. The molecule has 0 aliphatic heterocycles. The van der Waals surface area contributed by atoms with Gasteiger partial charge >= 0.3 is 12.0 Å². The zero-order chi connectivity index (χ0) is 23.6. The predicted molar refractivity (Wildman–Crippen MR) is 136 cm³/mol. The standard InChI is InChI=1S/C28H52N2O3/c1-2-3-20-33-27(31)16-11-9-7-5-4-6-8-10-12-18-29-28(32)30-19-17-26-22-24-14-13-15-25(21-24)23-26/h24-26H,2-23H2,1H3,(H2,29,30,32). The molecule has 5 heteroatoms. The molecular weight excluding hydrogens is 412 g/mol. The van der Waals surface area contributed by atoms with Crippen LogP contribution in [0.3, 0.4) is 0 Å². The fourth-order valence-electron chi connectivity index (χ4n) is 5.79. The van der Waals surface area contributed by atoms with Crippen molar-refractivity contribution in [3.63, 3.8) is 0 Å². The van der Waals surface area contributed by atoms with Crippen LogP contribution in [0.1, 0.15) is 129 Å². The normalized spacial score (nSPS) is 22.0. The van der Waals surface area contributed by atoms with Gasteiger partial charge in [-0.3, -0.25) is 4.79 Å². The zero-order valence-electron chi connectivity index (χ0n) is 21.5. The molecule has 2 rings (SSSR count). The molecule has 0 aromatic heterocycles. The maximum Gasteiger partial charge on any atom is 0.314 e. The Balaban J connectivity index is 1.29. The number of unbranched alkanes of at least 4 members (excludes halogenated alkanes) is 9. The molecule has 2 aliphatic carbocycles. The number of carbonyl (C=O) groups is 2. The maximum atomic E-state index is 12.0. The molecule has 2 N–H and O–H groups in total. The first-order chi connectivity index (χ1) is 16.2. The molecule has 33 heavy (non-hydrogen) atoms. The first-order valence-corrected chi connectivity index (χ1v) is 14.3. The lowest BCUT2D eigenvalue weighted by atomic mass is 9.67. The van der Waals surface area contributed by atoms with E-state index in [1.54, 1.807) is 0 Å². The summed E-state index contributed by atoms with van der Waals surface area (Å²) in [6.07, 6.45) is 23.0. The monoisotopic (exact) mass is 464 g/mol. The van der Waals surface area contributed by atoms with E-state index in [1.165, 1.54) is 77.0 Å². The largest absolute Gasteiger partial charge is 0.466 e. The molecule has 2 aliphatic rings. The van der Waals surface area contributed by atoms with Crippen molar-refractivity contribution >= 4 is 12.0 Å². The Morgan fingerprint density at radius 1 is 0.758 bits per heavy atom. The van der Waals surface area contributed by atoms with Crippen molar-refractivity contribution in [1.29, 1.82) is 0 Å². The highest BCUT2D eigenvalue weighted by molar-refractivity contribution is 5.73. The van der Waals surface area contributed by atoms with Crippen LogP contribution in [0.25, 0.3) is 0 Å². The van der Waals surface area contributed by atoms with Crippen molar-refractivity contribution in [1.82, 2.24) is 10.6 Å². The van der Waals surface area contributed by atoms with Crippen molar-refractivity contribution in [2.75, 3.05) is 19.7 Å². The number of ether oxygens (including phenoxy) is 1. The van der Waals surface area contributed by atoms with E-state index in [-0.39, 0.29) is 12.0 Å². The number of nitrogens with one attached hydrogen (secondary N) is 2. The SMILES string of the molecule is CCCCOC(=O)CCCCCCCCCCCNC(=O)NCCC1CC2CCCC(C2)C1. The van der Waals surface area contributed by atoms with Gasteiger partial charge < -0.3 is 15.4 Å². The number of fused-ring (bicyclic) bond motifs is 2. The molecule has 2 atom stereocenters. The number of hydrogen-bond acceptors (Lipinski definition) is 3. The summed E-state index contributed by atoms with van der Waals surface area (Å²) in [6.45, 7) is 4.30. The zero-order valence-corrected chi connectivity index (χ0v) is 21.5. The highest BCUT2D eigenvalue weighted by Crippen LogP contribution is 2.43. The molecule has 5 nitrogen and oxygen atoms in total. The Hall–Kier alpha value is -1.26. The number of esters is 1. The van der Waals surface area contributed by atoms with Crippen LogP contribution in [-0.4, -0.2) is 31.7 Å². The molecule has 0 heterocycles. The van der Waals surface area contributed by atoms with Gasteiger partial charge in [-0.2, -0.15) is 0 Å². The van der Waals surface area contributed by atoms with Gasteiger partial charge in [-0.25, -0.2) is 4.79 Å². The van der Waals surface area contributed by atoms with Gasteiger partial charge in [0.25, 0.3) is 0 Å². The summed E-state index contributed by atoms with van der Waals surface area (Å²) in [7, 11) is 0. The summed E-state index contributed by atoms with van der Waals surface area (Å²) < 4.78 is 5.18. The molecule has 2 bridgehead atoms. The highest BCUT2D eigenvalue weighted by Gasteiger charge is 2.31. The Kier molecular flexibility index (Phi) is 15.4. The third kappa shape index (κ3) is 13.9. The van der Waals surface area contributed by atoms with Gasteiger partial charge in [0.05, 0.1) is 6.61 Å². The fraction of sp³-hybridized carbons (Fsp3) is 0.929. The van der Waals surface area contributed by atoms with E-state index < -0.39 is 0 Å². The summed E-state index contributed by atoms with van der Waals surface area (Å²) in [5.41, 5.74) is 0. The van der Waals surface area contributed by atoms with Crippen LogP contribution in [0.15, 0.2) is 0 Å². The first kappa shape index (κ1) is 28.0. The lowest BCUT2D eigenvalue weighted by Crippen LogP contribution is -2.37. The molecule has 2 amide bonds. The van der Waals surface area contributed by atoms with Gasteiger partial charge in [-0.05, 0) is 62.7 Å². The molecule has 0 aromatic rings. The third-order valence-corrected chi connectivity index (χ3v) is 7.67. The minimum Gasteiger partial charge on any atom is -0.466 e. The van der Waals surface area contributed by atoms with Gasteiger partial charge in [-0.1, -0.05) is 77.6 Å². The van der Waals surface area contributed by atoms with E-state index >= 15 is 0 Å². The van der Waals surface area contributed by atoms with Gasteiger partial charge in [-0.15, -0.1) is 0 Å². The van der Waals surface area contributed by atoms with Gasteiger partial charge in [0.1, 0.15) is 0 Å². The average Bonchev–Trinajstić information content (AvgIpc) is 2.80. The molecule has 0 saturated heterocycles. The van der Waals surface area contributed by atoms with Crippen LogP contribution in [-0.2, 0) is 9.53 Å². The van der Waals surface area contributed by atoms with Crippen LogP contribution in [0.4, 0.5) is 4.79 Å². The topological polar surface area (TPSA) is 67.4 Å². The Labute approximate surface area is 203 Å². The van der Waals surface area contributed by atoms with Crippen molar-refractivity contribution in [2.24, 2.45) is 17.8 Å². The Bertz CT molecular complexity index is 513. The first-order valence-electron chi connectivity index (χ1n) is 14.3. The number of amides is 2. The minimum atomic E-state index is -0.0305. The van der Waals surface area contributed by atoms with Crippen LogP contribution < -0.4 is 10.6 Å². The average molecular weight is 465 g/mol. The maximum absolute atomic E-state index is 12.0. The van der Waals surface area contributed by atoms with Crippen LogP contribution >= 0.6 is 0 Å². The molecule has 2 unspecified atom stereocenters. The number of urea groups is 1. The Morgan fingerprint density at radius 2 is 1.36 bits per heavy atom. The molecule has 192 valence electrons. The van der Waals surface area contributed by atoms with Crippen LogP contribution in [0.2, 0.25) is 0 Å². The molecule has 0 spiro atoms. The minimum absolute atomic E-state index is 0.0141. The van der Waals surface area contributed by atoms with E-state index in [2.05, 4.69) is 17.6 Å². The molecule has 2 saturated carbocycles. The van der Waals surface area contributed by atoms with Gasteiger partial charge in [0.15, 0.2) is 0 Å². The summed E-state index contributed by atoms with van der Waals surface area (Å²) in [4.78, 5) is 23.5. The number of carbonyl (C=O) groups excluding carboxylic acids is 2. The fourth-order valence-corrected chi connectivity index (χ4v) is 5.79. The van der Waals surface area contributed by atoms with E-state index in [9.17, 15) is 9.59 Å². The van der Waals surface area contributed by atoms with Gasteiger partial charge in [0, 0.05) is 19.5 Å². The van der Waals surface area contributed by atoms with Crippen molar-refractivity contribution < 1.29 is 14.3 Å². The Morgan fingerprint density at radius 3 is 2.03 bits per heavy atom. The van der Waals surface area contributed by atoms with Crippen LogP contribution in [0.5, 0.6) is 0 Å². The van der Waals surface area contributed by atoms with Gasteiger partial charge in [0.2, 0.25) is 0 Å². The smallest absolute Gasteiger partial charge is 0.314 e. The highest BCUT2D eigenvalue weighted by atomic mass is 16.5. The summed E-state index contributed by atoms with van der Waals surface area (Å²) in [6, 6.07) is 0.0141. The molecule has 2 fully saturated rings. The van der Waals surface area contributed by atoms with Crippen LogP contribution in [0, 0.1) is 17.8 Å². The second kappa shape index (κ2) is 18.1. The van der Waals surface area contributed by atoms with Crippen molar-refractivity contribution in [3.05, 3.63) is 0 Å². The van der Waals surface area contributed by atoms with E-state index in [0.29, 0.717) is 13.0 Å². The summed E-state index contributed by atoms with van der Waals surface area (Å²) in [5.74, 6) is 2.75. The number of rotatable bonds is 18. The quantitative estimate of drug-likeness (QED) is 0.167. The second-order valence-electron chi connectivity index (χ2n) is 10.7. The van der Waals surface area contributed by atoms with E-state index in [1.807, 2.05) is 0 Å². The lowest BCUT2D eigenvalue weighted by Gasteiger charge is -2.39. The second-order valence-corrected chi connectivity index (χ2v) is 10.7. The van der Waals surface area contributed by atoms with E-state index in [0.717, 1.165) is 69.4 Å². The lowest BCUT2D eigenvalue weighted by molar-refractivity contribution is -0.143. The number of hydrogen-bond donors (Lipinski definition) is 2. The van der Waals surface area contributed by atoms with E-state index in [4.69, 9.17) is 4.74 Å². The summed E-state index contributed by atoms with van der Waals surface area (Å²) >= 11 is 0. The molecule has 0 radical (unpaired) electrons. The van der Waals surface area contributed by atoms with Crippen molar-refractivity contribution in [2.45, 2.75) is 129 Å². The van der Waals surface area contributed by atoms with Crippen molar-refractivity contribution in [3.8, 4) is 0 Å². The molecule has 0 aromatic carbocycles.